The lowest BCUT2D eigenvalue weighted by molar-refractivity contribution is 0.0995. The maximum atomic E-state index is 11.6. The maximum Gasteiger partial charge on any atom is 0.177 e. The highest BCUT2D eigenvalue weighted by atomic mass is 79.9. The van der Waals surface area contributed by atoms with Crippen molar-refractivity contribution in [3.05, 3.63) is 34.3 Å². The van der Waals surface area contributed by atoms with Crippen molar-refractivity contribution in [3.63, 3.8) is 0 Å². The number of Topliss-reactive ketones (excluding diaryl/α,β-unsaturated/α-hetero) is 1. The van der Waals surface area contributed by atoms with Gasteiger partial charge >= 0.3 is 0 Å². The second kappa shape index (κ2) is 4.59. The van der Waals surface area contributed by atoms with E-state index in [9.17, 15) is 4.79 Å². The number of carbonyl (C=O) groups excluding carboxylic acids is 1. The van der Waals surface area contributed by atoms with Gasteiger partial charge in [-0.2, -0.15) is 5.26 Å². The lowest BCUT2D eigenvalue weighted by Crippen LogP contribution is -2.11. The van der Waals surface area contributed by atoms with E-state index in [1.165, 1.54) is 0 Å². The Hall–Kier alpha value is -0.850. The van der Waals surface area contributed by atoms with E-state index in [4.69, 9.17) is 16.9 Å². The number of ketones is 1. The number of nitriles is 1. The maximum absolute atomic E-state index is 11.6. The zero-order chi connectivity index (χ0) is 10.7. The van der Waals surface area contributed by atoms with E-state index in [1.54, 1.807) is 25.1 Å². The van der Waals surface area contributed by atoms with Crippen molar-refractivity contribution in [2.45, 2.75) is 11.8 Å². The molecular formula is C10H7BrClNO. The van der Waals surface area contributed by atoms with Gasteiger partial charge in [0.15, 0.2) is 5.78 Å². The number of rotatable bonds is 2. The Bertz CT molecular complexity index is 409. The molecule has 1 rings (SSSR count). The highest BCUT2D eigenvalue weighted by molar-refractivity contribution is 9.10. The van der Waals surface area contributed by atoms with E-state index in [-0.39, 0.29) is 16.2 Å². The molecule has 0 aromatic heterocycles. The molecule has 0 amide bonds. The Morgan fingerprint density at radius 2 is 2.29 bits per heavy atom. The first kappa shape index (κ1) is 11.2. The topological polar surface area (TPSA) is 40.9 Å². The molecule has 0 aliphatic rings. The first-order valence-electron chi connectivity index (χ1n) is 3.94. The van der Waals surface area contributed by atoms with Crippen LogP contribution >= 0.6 is 27.5 Å². The molecule has 1 unspecified atom stereocenters. The standard InChI is InChI=1S/C10H7BrClNO/c1-6(11)10(14)7-3-2-4-9(12)8(7)5-13/h2-4,6H,1H3. The summed E-state index contributed by atoms with van der Waals surface area (Å²) in [6.45, 7) is 1.71. The highest BCUT2D eigenvalue weighted by Gasteiger charge is 2.17. The number of nitrogens with zero attached hydrogens (tertiary/aromatic N) is 1. The molecule has 1 atom stereocenters. The van der Waals surface area contributed by atoms with Crippen LogP contribution in [0.3, 0.4) is 0 Å². The first-order valence-corrected chi connectivity index (χ1v) is 5.24. The van der Waals surface area contributed by atoms with Crippen LogP contribution in [0.25, 0.3) is 0 Å². The second-order valence-corrected chi connectivity index (χ2v) is 4.54. The Morgan fingerprint density at radius 3 is 2.79 bits per heavy atom. The number of hydrogen-bond acceptors (Lipinski definition) is 2. The van der Waals surface area contributed by atoms with Gasteiger partial charge in [-0.15, -0.1) is 0 Å². The van der Waals surface area contributed by atoms with Gasteiger partial charge in [0, 0.05) is 5.56 Å². The second-order valence-electron chi connectivity index (χ2n) is 2.75. The zero-order valence-corrected chi connectivity index (χ0v) is 9.76. The summed E-state index contributed by atoms with van der Waals surface area (Å²) in [6, 6.07) is 6.78. The highest BCUT2D eigenvalue weighted by Crippen LogP contribution is 2.21. The average molecular weight is 273 g/mol. The molecule has 0 radical (unpaired) electrons. The third-order valence-electron chi connectivity index (χ3n) is 1.75. The summed E-state index contributed by atoms with van der Waals surface area (Å²) >= 11 is 8.95. The van der Waals surface area contributed by atoms with Crippen LogP contribution in [0.1, 0.15) is 22.8 Å². The molecule has 0 aliphatic heterocycles. The summed E-state index contributed by atoms with van der Waals surface area (Å²) in [7, 11) is 0. The molecule has 2 nitrogen and oxygen atoms in total. The molecule has 0 saturated carbocycles. The fraction of sp³-hybridized carbons (Fsp3) is 0.200. The van der Waals surface area contributed by atoms with Crippen LogP contribution in [0.15, 0.2) is 18.2 Å². The van der Waals surface area contributed by atoms with E-state index in [2.05, 4.69) is 15.9 Å². The predicted octanol–water partition coefficient (Wildman–Crippen LogP) is 3.18. The van der Waals surface area contributed by atoms with Crippen molar-refractivity contribution in [2.75, 3.05) is 0 Å². The Morgan fingerprint density at radius 1 is 1.64 bits per heavy atom. The molecule has 0 saturated heterocycles. The largest absolute Gasteiger partial charge is 0.293 e. The van der Waals surface area contributed by atoms with Crippen molar-refractivity contribution in [1.82, 2.24) is 0 Å². The van der Waals surface area contributed by atoms with Crippen molar-refractivity contribution in [3.8, 4) is 6.07 Å². The minimum absolute atomic E-state index is 0.135. The third-order valence-corrected chi connectivity index (χ3v) is 2.48. The van der Waals surface area contributed by atoms with Crippen LogP contribution in [0.4, 0.5) is 0 Å². The lowest BCUT2D eigenvalue weighted by atomic mass is 10.0. The number of benzene rings is 1. The van der Waals surface area contributed by atoms with Gasteiger partial charge in [-0.25, -0.2) is 0 Å². The number of alkyl halides is 1. The lowest BCUT2D eigenvalue weighted by Gasteiger charge is -2.05. The third kappa shape index (κ3) is 2.14. The van der Waals surface area contributed by atoms with E-state index < -0.39 is 0 Å². The molecule has 1 aromatic rings. The first-order chi connectivity index (χ1) is 6.57. The minimum atomic E-state index is -0.312. The Kier molecular flexibility index (Phi) is 3.68. The summed E-state index contributed by atoms with van der Waals surface area (Å²) < 4.78 is 0. The van der Waals surface area contributed by atoms with Gasteiger partial charge in [0.1, 0.15) is 6.07 Å². The van der Waals surface area contributed by atoms with Crippen LogP contribution in [0.5, 0.6) is 0 Å². The molecule has 0 aliphatic carbocycles. The normalized spacial score (nSPS) is 11.9. The van der Waals surface area contributed by atoms with Gasteiger partial charge in [-0.3, -0.25) is 4.79 Å². The van der Waals surface area contributed by atoms with E-state index in [0.29, 0.717) is 10.6 Å². The summed E-state index contributed by atoms with van der Waals surface area (Å²) in [5.74, 6) is -0.135. The Balaban J connectivity index is 3.29. The average Bonchev–Trinajstić information content (AvgIpc) is 2.16. The van der Waals surface area contributed by atoms with Crippen molar-refractivity contribution in [1.29, 1.82) is 5.26 Å². The molecule has 4 heteroatoms. The number of carbonyl (C=O) groups is 1. The van der Waals surface area contributed by atoms with Crippen LogP contribution in [-0.2, 0) is 0 Å². The van der Waals surface area contributed by atoms with Gasteiger partial charge in [0.25, 0.3) is 0 Å². The Labute approximate surface area is 95.6 Å². The monoisotopic (exact) mass is 271 g/mol. The fourth-order valence-electron chi connectivity index (χ4n) is 1.06. The van der Waals surface area contributed by atoms with Gasteiger partial charge in [0.05, 0.1) is 15.4 Å². The smallest absolute Gasteiger partial charge is 0.177 e. The molecule has 72 valence electrons. The molecule has 1 aromatic carbocycles. The van der Waals surface area contributed by atoms with Gasteiger partial charge < -0.3 is 0 Å². The number of halogens is 2. The molecule has 0 fully saturated rings. The fourth-order valence-corrected chi connectivity index (χ4v) is 1.52. The number of hydrogen-bond donors (Lipinski definition) is 0. The van der Waals surface area contributed by atoms with Crippen molar-refractivity contribution in [2.24, 2.45) is 0 Å². The van der Waals surface area contributed by atoms with Gasteiger partial charge in [0.2, 0.25) is 0 Å². The molecule has 0 spiro atoms. The quantitative estimate of drug-likeness (QED) is 0.613. The SMILES string of the molecule is CC(Br)C(=O)c1cccc(Cl)c1C#N. The molecule has 0 heterocycles. The van der Waals surface area contributed by atoms with Crippen molar-refractivity contribution < 1.29 is 4.79 Å². The predicted molar refractivity (Wildman–Crippen MR) is 58.9 cm³/mol. The molecule has 0 bridgehead atoms. The summed E-state index contributed by atoms with van der Waals surface area (Å²) in [4.78, 5) is 11.3. The van der Waals surface area contributed by atoms with Crippen LogP contribution < -0.4 is 0 Å². The van der Waals surface area contributed by atoms with Gasteiger partial charge in [-0.1, -0.05) is 33.6 Å². The van der Waals surface area contributed by atoms with Crippen LogP contribution in [-0.4, -0.2) is 10.6 Å². The summed E-state index contributed by atoms with van der Waals surface area (Å²) in [5, 5.41) is 9.14. The zero-order valence-electron chi connectivity index (χ0n) is 7.42. The van der Waals surface area contributed by atoms with E-state index in [0.717, 1.165) is 0 Å². The molecule has 14 heavy (non-hydrogen) atoms. The van der Waals surface area contributed by atoms with Crippen LogP contribution in [0.2, 0.25) is 5.02 Å². The molecular weight excluding hydrogens is 265 g/mol. The van der Waals surface area contributed by atoms with E-state index in [1.807, 2.05) is 6.07 Å². The van der Waals surface area contributed by atoms with Gasteiger partial charge in [-0.05, 0) is 19.1 Å². The van der Waals surface area contributed by atoms with Crippen LogP contribution in [0, 0.1) is 11.3 Å². The molecule has 0 N–H and O–H groups in total. The summed E-state index contributed by atoms with van der Waals surface area (Å²) in [6.07, 6.45) is 0. The van der Waals surface area contributed by atoms with E-state index >= 15 is 0 Å². The summed E-state index contributed by atoms with van der Waals surface area (Å²) in [5.41, 5.74) is 0.606. The minimum Gasteiger partial charge on any atom is -0.293 e. The van der Waals surface area contributed by atoms with Crippen molar-refractivity contribution >= 4 is 33.3 Å².